The lowest BCUT2D eigenvalue weighted by Gasteiger charge is -2.38. The Morgan fingerprint density at radius 2 is 1.06 bits per heavy atom. The molecule has 1 aromatic carbocycles. The first kappa shape index (κ1) is 28.3. The molecule has 0 aromatic heterocycles. The van der Waals surface area contributed by atoms with Crippen LogP contribution in [-0.4, -0.2) is 18.0 Å². The van der Waals surface area contributed by atoms with Gasteiger partial charge in [-0.25, -0.2) is 0 Å². The average molecular weight is 509 g/mol. The highest BCUT2D eigenvalue weighted by atomic mass is 19.4. The minimum Gasteiger partial charge on any atom is -0.199 e. The van der Waals surface area contributed by atoms with E-state index in [1.807, 2.05) is 0 Å². The number of aryl methyl sites for hydroxylation is 2. The molecule has 0 atom stereocenters. The summed E-state index contributed by atoms with van der Waals surface area (Å²) in [6, 6.07) is 6.66. The first-order chi connectivity index (χ1) is 16.4. The number of benzene rings is 1. The van der Waals surface area contributed by atoms with Gasteiger partial charge in [-0.15, -0.1) is 0 Å². The summed E-state index contributed by atoms with van der Waals surface area (Å²) in [5, 5.41) is 0. The maximum Gasteiger partial charge on any atom is 0.459 e. The quantitative estimate of drug-likeness (QED) is 0.276. The smallest absolute Gasteiger partial charge is 0.199 e. The van der Waals surface area contributed by atoms with Crippen LogP contribution in [0.2, 0.25) is 0 Å². The Balaban J connectivity index is 1.38. The fourth-order valence-electron chi connectivity index (χ4n) is 6.21. The van der Waals surface area contributed by atoms with Crippen LogP contribution in [0.3, 0.4) is 0 Å². The van der Waals surface area contributed by atoms with Crippen molar-refractivity contribution in [3.05, 3.63) is 35.4 Å². The second kappa shape index (κ2) is 11.9. The molecule has 2 aliphatic rings. The third kappa shape index (κ3) is 7.38. The maximum atomic E-state index is 13.5. The van der Waals surface area contributed by atoms with Gasteiger partial charge in [-0.05, 0) is 79.7 Å². The van der Waals surface area contributed by atoms with E-state index in [4.69, 9.17) is 0 Å². The van der Waals surface area contributed by atoms with Gasteiger partial charge < -0.3 is 0 Å². The van der Waals surface area contributed by atoms with Crippen molar-refractivity contribution in [2.45, 2.75) is 115 Å². The summed E-state index contributed by atoms with van der Waals surface area (Å²) in [6.45, 7) is 2.27. The molecule has 0 aliphatic heterocycles. The molecule has 0 spiro atoms. The molecule has 0 unspecified atom stereocenters. The van der Waals surface area contributed by atoms with Crippen LogP contribution in [0.4, 0.5) is 30.7 Å². The van der Waals surface area contributed by atoms with Crippen molar-refractivity contribution in [1.29, 1.82) is 0 Å². The lowest BCUT2D eigenvalue weighted by molar-refractivity contribution is -0.355. The van der Waals surface area contributed by atoms with E-state index in [0.29, 0.717) is 11.5 Å². The van der Waals surface area contributed by atoms with Gasteiger partial charge in [0, 0.05) is 6.42 Å². The van der Waals surface area contributed by atoms with E-state index in [1.165, 1.54) is 64.2 Å². The van der Waals surface area contributed by atoms with Crippen LogP contribution in [0.15, 0.2) is 24.3 Å². The number of hydrogen-bond acceptors (Lipinski definition) is 0. The van der Waals surface area contributed by atoms with Crippen LogP contribution >= 0.6 is 0 Å². The highest BCUT2D eigenvalue weighted by Gasteiger charge is 2.72. The predicted octanol–water partition coefficient (Wildman–Crippen LogP) is 9.80. The van der Waals surface area contributed by atoms with E-state index in [0.717, 1.165) is 36.2 Å². The third-order valence-electron chi connectivity index (χ3n) is 8.55. The molecule has 0 amide bonds. The monoisotopic (exact) mass is 508 g/mol. The molecule has 3 rings (SSSR count). The summed E-state index contributed by atoms with van der Waals surface area (Å²) < 4.78 is 89.9. The van der Waals surface area contributed by atoms with E-state index in [2.05, 4.69) is 6.92 Å². The Bertz CT molecular complexity index is 753. The van der Waals surface area contributed by atoms with Gasteiger partial charge in [0.1, 0.15) is 0 Å². The SMILES string of the molecule is CCC[C@H]1CC[C@H]([C@H]2CC[C@H](CCc3ccc(CCC(F)(F)C(F)(F)C(F)(F)F)cc3)CC2)CC1. The zero-order valence-electron chi connectivity index (χ0n) is 20.7. The van der Waals surface area contributed by atoms with Crippen molar-refractivity contribution < 1.29 is 30.7 Å². The first-order valence-corrected chi connectivity index (χ1v) is 13.3. The predicted molar refractivity (Wildman–Crippen MR) is 125 cm³/mol. The number of halogens is 7. The Morgan fingerprint density at radius 1 is 0.629 bits per heavy atom. The second-order valence-electron chi connectivity index (χ2n) is 11.0. The van der Waals surface area contributed by atoms with Crippen molar-refractivity contribution in [1.82, 2.24) is 0 Å². The molecule has 35 heavy (non-hydrogen) atoms. The summed E-state index contributed by atoms with van der Waals surface area (Å²) in [4.78, 5) is 0. The molecule has 2 fully saturated rings. The van der Waals surface area contributed by atoms with Gasteiger partial charge in [-0.2, -0.15) is 30.7 Å². The van der Waals surface area contributed by atoms with Crippen LogP contribution < -0.4 is 0 Å². The Kier molecular flexibility index (Phi) is 9.58. The fraction of sp³-hybridized carbons (Fsp3) is 0.786. The van der Waals surface area contributed by atoms with Crippen LogP contribution in [0.5, 0.6) is 0 Å². The summed E-state index contributed by atoms with van der Waals surface area (Å²) in [5.74, 6) is -7.77. The molecule has 7 heteroatoms. The fourth-order valence-corrected chi connectivity index (χ4v) is 6.21. The zero-order chi connectivity index (χ0) is 25.7. The van der Waals surface area contributed by atoms with E-state index in [-0.39, 0.29) is 0 Å². The van der Waals surface area contributed by atoms with Crippen molar-refractivity contribution in [3.8, 4) is 0 Å². The summed E-state index contributed by atoms with van der Waals surface area (Å²) in [5.41, 5.74) is 1.37. The molecule has 0 bridgehead atoms. The van der Waals surface area contributed by atoms with E-state index in [9.17, 15) is 30.7 Å². The Labute approximate surface area is 205 Å². The second-order valence-corrected chi connectivity index (χ2v) is 11.0. The van der Waals surface area contributed by atoms with Gasteiger partial charge in [-0.1, -0.05) is 69.7 Å². The topological polar surface area (TPSA) is 0 Å². The highest BCUT2D eigenvalue weighted by Crippen LogP contribution is 2.48. The maximum absolute atomic E-state index is 13.5. The molecule has 0 heterocycles. The molecule has 0 nitrogen and oxygen atoms in total. The highest BCUT2D eigenvalue weighted by molar-refractivity contribution is 5.23. The molecular formula is C28H39F7. The van der Waals surface area contributed by atoms with Crippen molar-refractivity contribution in [3.63, 3.8) is 0 Å². The van der Waals surface area contributed by atoms with E-state index in [1.54, 1.807) is 24.3 Å². The minimum atomic E-state index is -6.27. The summed E-state index contributed by atoms with van der Waals surface area (Å²) >= 11 is 0. The van der Waals surface area contributed by atoms with Gasteiger partial charge in [0.2, 0.25) is 0 Å². The first-order valence-electron chi connectivity index (χ1n) is 13.3. The van der Waals surface area contributed by atoms with Gasteiger partial charge in [-0.3, -0.25) is 0 Å². The third-order valence-corrected chi connectivity index (χ3v) is 8.55. The average Bonchev–Trinajstić information content (AvgIpc) is 2.82. The summed E-state index contributed by atoms with van der Waals surface area (Å²) in [6.07, 6.45) is 6.94. The number of alkyl halides is 7. The molecule has 0 N–H and O–H groups in total. The van der Waals surface area contributed by atoms with Gasteiger partial charge in [0.05, 0.1) is 0 Å². The molecule has 0 radical (unpaired) electrons. The van der Waals surface area contributed by atoms with Crippen LogP contribution in [0.1, 0.15) is 95.1 Å². The molecular weight excluding hydrogens is 469 g/mol. The normalized spacial score (nSPS) is 26.6. The number of rotatable bonds is 10. The summed E-state index contributed by atoms with van der Waals surface area (Å²) in [7, 11) is 0. The van der Waals surface area contributed by atoms with Crippen LogP contribution in [0.25, 0.3) is 0 Å². The van der Waals surface area contributed by atoms with E-state index < -0.39 is 30.9 Å². The number of hydrogen-bond donors (Lipinski definition) is 0. The van der Waals surface area contributed by atoms with Crippen molar-refractivity contribution in [2.75, 3.05) is 0 Å². The molecule has 0 saturated heterocycles. The zero-order valence-corrected chi connectivity index (χ0v) is 20.7. The van der Waals surface area contributed by atoms with E-state index >= 15 is 0 Å². The minimum absolute atomic E-state index is 0.334. The van der Waals surface area contributed by atoms with Crippen molar-refractivity contribution >= 4 is 0 Å². The standard InChI is InChI=1S/C28H39F7/c1-2-3-20-10-14-24(15-11-20)25-16-12-22(13-17-25)5-4-21-6-8-23(9-7-21)18-19-26(29,30)27(31,32)28(33,34)35/h6-9,20,22,24-25H,2-5,10-19H2,1H3/t20-,22-,24-,25-. The van der Waals surface area contributed by atoms with Crippen LogP contribution in [-0.2, 0) is 12.8 Å². The lowest BCUT2D eigenvalue weighted by atomic mass is 9.68. The van der Waals surface area contributed by atoms with Crippen LogP contribution in [0, 0.1) is 23.7 Å². The van der Waals surface area contributed by atoms with Gasteiger partial charge in [0.25, 0.3) is 0 Å². The van der Waals surface area contributed by atoms with Crippen molar-refractivity contribution in [2.24, 2.45) is 23.7 Å². The molecule has 200 valence electrons. The molecule has 2 saturated carbocycles. The Morgan fingerprint density at radius 3 is 1.49 bits per heavy atom. The molecule has 2 aliphatic carbocycles. The van der Waals surface area contributed by atoms with Gasteiger partial charge in [0.15, 0.2) is 0 Å². The Hall–Kier alpha value is -1.27. The molecule has 1 aromatic rings. The van der Waals surface area contributed by atoms with Gasteiger partial charge >= 0.3 is 18.0 Å². The lowest BCUT2D eigenvalue weighted by Crippen LogP contribution is -2.52. The largest absolute Gasteiger partial charge is 0.459 e.